The van der Waals surface area contributed by atoms with E-state index in [2.05, 4.69) is 6.92 Å². The molecule has 1 aliphatic carbocycles. The molecule has 0 spiro atoms. The zero-order valence-corrected chi connectivity index (χ0v) is 13.3. The molecule has 1 aliphatic rings. The molecular weight excluding hydrogens is 293 g/mol. The number of nitrogens with two attached hydrogens (primary N) is 1. The van der Waals surface area contributed by atoms with Gasteiger partial charge in [0.15, 0.2) is 0 Å². The Balaban J connectivity index is 2.11. The molecule has 0 radical (unpaired) electrons. The van der Waals surface area contributed by atoms with Crippen LogP contribution in [0.25, 0.3) is 0 Å². The van der Waals surface area contributed by atoms with Crippen molar-refractivity contribution in [1.82, 2.24) is 0 Å². The molecule has 1 saturated carbocycles. The minimum atomic E-state index is -0.335. The predicted octanol–water partition coefficient (Wildman–Crippen LogP) is 4.26. The van der Waals surface area contributed by atoms with Gasteiger partial charge in [0.05, 0.1) is 10.0 Å². The van der Waals surface area contributed by atoms with Gasteiger partial charge in [-0.25, -0.2) is 0 Å². The first-order valence-corrected chi connectivity index (χ1v) is 7.90. The van der Waals surface area contributed by atoms with Crippen LogP contribution in [0.2, 0.25) is 10.0 Å². The van der Waals surface area contributed by atoms with E-state index in [1.165, 1.54) is 0 Å². The molecule has 2 nitrogen and oxygen atoms in total. The van der Waals surface area contributed by atoms with E-state index in [-0.39, 0.29) is 11.2 Å². The van der Waals surface area contributed by atoms with Crippen LogP contribution in [0.15, 0.2) is 18.2 Å². The van der Waals surface area contributed by atoms with Crippen molar-refractivity contribution in [2.45, 2.75) is 39.0 Å². The van der Waals surface area contributed by atoms with Crippen molar-refractivity contribution in [3.8, 4) is 0 Å². The van der Waals surface area contributed by atoms with Crippen LogP contribution >= 0.6 is 23.2 Å². The van der Waals surface area contributed by atoms with Gasteiger partial charge in [-0.05, 0) is 49.3 Å². The van der Waals surface area contributed by atoms with Crippen LogP contribution in [0.3, 0.4) is 0 Å². The number of ketones is 1. The molecule has 1 aromatic carbocycles. The second-order valence-electron chi connectivity index (χ2n) is 6.02. The molecule has 20 heavy (non-hydrogen) atoms. The quantitative estimate of drug-likeness (QED) is 0.902. The lowest BCUT2D eigenvalue weighted by molar-refractivity contribution is -0.129. The summed E-state index contributed by atoms with van der Waals surface area (Å²) in [7, 11) is 0. The summed E-state index contributed by atoms with van der Waals surface area (Å²) in [5.74, 6) is 0.942. The SMILES string of the molecule is CC1CCC(CN)(C(=O)Cc2ccc(Cl)c(Cl)c2)CC1. The van der Waals surface area contributed by atoms with Crippen molar-refractivity contribution in [2.75, 3.05) is 6.54 Å². The Morgan fingerprint density at radius 3 is 2.50 bits per heavy atom. The van der Waals surface area contributed by atoms with Crippen molar-refractivity contribution in [3.05, 3.63) is 33.8 Å². The van der Waals surface area contributed by atoms with E-state index in [1.54, 1.807) is 12.1 Å². The lowest BCUT2D eigenvalue weighted by Gasteiger charge is -2.37. The van der Waals surface area contributed by atoms with Gasteiger partial charge in [-0.3, -0.25) is 4.79 Å². The molecule has 110 valence electrons. The summed E-state index contributed by atoms with van der Waals surface area (Å²) < 4.78 is 0. The summed E-state index contributed by atoms with van der Waals surface area (Å²) in [6, 6.07) is 5.38. The predicted molar refractivity (Wildman–Crippen MR) is 84.3 cm³/mol. The van der Waals surface area contributed by atoms with Crippen LogP contribution in [0.5, 0.6) is 0 Å². The number of halogens is 2. The van der Waals surface area contributed by atoms with Gasteiger partial charge in [-0.15, -0.1) is 0 Å². The monoisotopic (exact) mass is 313 g/mol. The highest BCUT2D eigenvalue weighted by atomic mass is 35.5. The summed E-state index contributed by atoms with van der Waals surface area (Å²) in [4.78, 5) is 12.7. The summed E-state index contributed by atoms with van der Waals surface area (Å²) in [6.07, 6.45) is 4.38. The second kappa shape index (κ2) is 6.46. The van der Waals surface area contributed by atoms with Gasteiger partial charge < -0.3 is 5.73 Å². The van der Waals surface area contributed by atoms with Crippen molar-refractivity contribution < 1.29 is 4.79 Å². The van der Waals surface area contributed by atoms with E-state index in [9.17, 15) is 4.79 Å². The lowest BCUT2D eigenvalue weighted by Crippen LogP contribution is -2.42. The fraction of sp³-hybridized carbons (Fsp3) is 0.562. The number of carbonyl (C=O) groups is 1. The van der Waals surface area contributed by atoms with Crippen molar-refractivity contribution in [3.63, 3.8) is 0 Å². The molecule has 0 saturated heterocycles. The third kappa shape index (κ3) is 3.36. The maximum atomic E-state index is 12.7. The van der Waals surface area contributed by atoms with Crippen molar-refractivity contribution >= 4 is 29.0 Å². The standard InChI is InChI=1S/C16H21Cl2NO/c1-11-4-6-16(10-19,7-5-11)15(20)9-12-2-3-13(17)14(18)8-12/h2-3,8,11H,4-7,9-10,19H2,1H3. The fourth-order valence-electron chi connectivity index (χ4n) is 2.93. The highest BCUT2D eigenvalue weighted by Gasteiger charge is 2.39. The summed E-state index contributed by atoms with van der Waals surface area (Å²) in [5, 5.41) is 1.01. The number of rotatable bonds is 4. The molecule has 0 aromatic heterocycles. The van der Waals surface area contributed by atoms with Gasteiger partial charge >= 0.3 is 0 Å². The normalized spacial score (nSPS) is 26.5. The Bertz CT molecular complexity index is 493. The van der Waals surface area contributed by atoms with E-state index < -0.39 is 0 Å². The highest BCUT2D eigenvalue weighted by Crippen LogP contribution is 2.39. The molecule has 1 fully saturated rings. The average Bonchev–Trinajstić information content (AvgIpc) is 2.44. The Labute approximate surface area is 130 Å². The molecule has 4 heteroatoms. The van der Waals surface area contributed by atoms with Crippen molar-refractivity contribution in [1.29, 1.82) is 0 Å². The maximum Gasteiger partial charge on any atom is 0.144 e. The van der Waals surface area contributed by atoms with Crippen LogP contribution in [-0.4, -0.2) is 12.3 Å². The summed E-state index contributed by atoms with van der Waals surface area (Å²) in [6.45, 7) is 2.68. The molecule has 0 atom stereocenters. The molecular formula is C16H21Cl2NO. The zero-order chi connectivity index (χ0) is 14.8. The van der Waals surface area contributed by atoms with Crippen molar-refractivity contribution in [2.24, 2.45) is 17.1 Å². The van der Waals surface area contributed by atoms with E-state index >= 15 is 0 Å². The number of hydrogen-bond donors (Lipinski definition) is 1. The largest absolute Gasteiger partial charge is 0.329 e. The van der Waals surface area contributed by atoms with Crippen LogP contribution in [0.1, 0.15) is 38.2 Å². The van der Waals surface area contributed by atoms with Gasteiger partial charge in [0.1, 0.15) is 5.78 Å². The summed E-state index contributed by atoms with van der Waals surface area (Å²) in [5.41, 5.74) is 6.50. The number of benzene rings is 1. The highest BCUT2D eigenvalue weighted by molar-refractivity contribution is 6.42. The summed E-state index contributed by atoms with van der Waals surface area (Å²) >= 11 is 11.9. The Hall–Kier alpha value is -0.570. The third-order valence-electron chi connectivity index (χ3n) is 4.56. The van der Waals surface area contributed by atoms with Crippen LogP contribution in [0, 0.1) is 11.3 Å². The van der Waals surface area contributed by atoms with Crippen LogP contribution < -0.4 is 5.73 Å². The second-order valence-corrected chi connectivity index (χ2v) is 6.83. The Morgan fingerprint density at radius 1 is 1.30 bits per heavy atom. The number of Topliss-reactive ketones (excluding diaryl/α,β-unsaturated/α-hetero) is 1. The van der Waals surface area contributed by atoms with Gasteiger partial charge in [-0.1, -0.05) is 36.2 Å². The molecule has 0 heterocycles. The molecule has 0 bridgehead atoms. The first-order chi connectivity index (χ1) is 9.47. The molecule has 0 unspecified atom stereocenters. The third-order valence-corrected chi connectivity index (χ3v) is 5.30. The smallest absolute Gasteiger partial charge is 0.144 e. The molecule has 2 N–H and O–H groups in total. The van der Waals surface area contributed by atoms with Gasteiger partial charge in [-0.2, -0.15) is 0 Å². The minimum Gasteiger partial charge on any atom is -0.329 e. The first kappa shape index (κ1) is 15.8. The lowest BCUT2D eigenvalue weighted by atomic mass is 9.67. The number of carbonyl (C=O) groups excluding carboxylic acids is 1. The van der Waals surface area contributed by atoms with E-state index in [4.69, 9.17) is 28.9 Å². The topological polar surface area (TPSA) is 43.1 Å². The average molecular weight is 314 g/mol. The Kier molecular flexibility index (Phi) is 5.11. The maximum absolute atomic E-state index is 12.7. The molecule has 2 rings (SSSR count). The Morgan fingerprint density at radius 2 is 1.95 bits per heavy atom. The van der Waals surface area contributed by atoms with E-state index in [0.717, 1.165) is 31.2 Å². The number of hydrogen-bond acceptors (Lipinski definition) is 2. The van der Waals surface area contributed by atoms with E-state index in [0.29, 0.717) is 28.9 Å². The molecule has 0 aliphatic heterocycles. The molecule has 0 amide bonds. The fourth-order valence-corrected chi connectivity index (χ4v) is 3.25. The zero-order valence-electron chi connectivity index (χ0n) is 11.8. The van der Waals surface area contributed by atoms with Crippen LogP contribution in [-0.2, 0) is 11.2 Å². The van der Waals surface area contributed by atoms with Gasteiger partial charge in [0.25, 0.3) is 0 Å². The van der Waals surface area contributed by atoms with Gasteiger partial charge in [0.2, 0.25) is 0 Å². The first-order valence-electron chi connectivity index (χ1n) is 7.14. The van der Waals surface area contributed by atoms with E-state index in [1.807, 2.05) is 6.07 Å². The minimum absolute atomic E-state index is 0.241. The molecule has 1 aromatic rings. The van der Waals surface area contributed by atoms with Gasteiger partial charge in [0, 0.05) is 18.4 Å². The van der Waals surface area contributed by atoms with Crippen LogP contribution in [0.4, 0.5) is 0 Å².